The highest BCUT2D eigenvalue weighted by atomic mass is 19.4. The highest BCUT2D eigenvalue weighted by Crippen LogP contribution is 2.33. The third-order valence-corrected chi connectivity index (χ3v) is 4.27. The number of carboxylic acids is 1. The lowest BCUT2D eigenvalue weighted by Gasteiger charge is -2.05. The number of benzene rings is 2. The minimum atomic E-state index is -4.44. The Labute approximate surface area is 155 Å². The topological polar surface area (TPSA) is 92.0 Å². The third-order valence-electron chi connectivity index (χ3n) is 4.27. The van der Waals surface area contributed by atoms with Crippen molar-refractivity contribution < 1.29 is 27.6 Å². The van der Waals surface area contributed by atoms with Crippen LogP contribution in [0.3, 0.4) is 0 Å². The number of H-pyrrole nitrogens is 1. The molecule has 0 aliphatic carbocycles. The van der Waals surface area contributed by atoms with Gasteiger partial charge in [0.1, 0.15) is 5.69 Å². The number of halogens is 3. The number of nitrogens with one attached hydrogen (secondary N) is 1. The second-order valence-electron chi connectivity index (χ2n) is 6.19. The van der Waals surface area contributed by atoms with Crippen molar-refractivity contribution in [3.63, 3.8) is 0 Å². The van der Waals surface area contributed by atoms with Crippen molar-refractivity contribution in [1.29, 1.82) is 0 Å². The molecule has 0 aliphatic heterocycles. The van der Waals surface area contributed by atoms with E-state index in [1.165, 1.54) is 18.2 Å². The first-order valence-electron chi connectivity index (χ1n) is 8.15. The van der Waals surface area contributed by atoms with Crippen molar-refractivity contribution in [3.05, 3.63) is 70.9 Å². The smallest absolute Gasteiger partial charge is 0.416 e. The molecule has 0 fully saturated rings. The molecule has 9 heteroatoms. The van der Waals surface area contributed by atoms with Gasteiger partial charge in [-0.15, -0.1) is 0 Å². The van der Waals surface area contributed by atoms with E-state index in [1.54, 1.807) is 18.2 Å². The lowest BCUT2D eigenvalue weighted by molar-refractivity contribution is -0.137. The number of aromatic carboxylic acids is 1. The number of carbonyl (C=O) groups is 1. The van der Waals surface area contributed by atoms with Crippen LogP contribution in [0.15, 0.2) is 53.1 Å². The average Bonchev–Trinajstić information content (AvgIpc) is 3.27. The Morgan fingerprint density at radius 3 is 2.54 bits per heavy atom. The lowest BCUT2D eigenvalue weighted by atomic mass is 10.1. The summed E-state index contributed by atoms with van der Waals surface area (Å²) in [6, 6.07) is 11.3. The van der Waals surface area contributed by atoms with Gasteiger partial charge in [0.25, 0.3) is 0 Å². The van der Waals surface area contributed by atoms with Gasteiger partial charge in [0.2, 0.25) is 0 Å². The Morgan fingerprint density at radius 1 is 1.11 bits per heavy atom. The van der Waals surface area contributed by atoms with Crippen LogP contribution in [0.4, 0.5) is 13.2 Å². The lowest BCUT2D eigenvalue weighted by Crippen LogP contribution is -2.04. The van der Waals surface area contributed by atoms with Crippen LogP contribution in [0, 0.1) is 0 Å². The van der Waals surface area contributed by atoms with E-state index in [-0.39, 0.29) is 11.1 Å². The second-order valence-corrected chi connectivity index (χ2v) is 6.19. The van der Waals surface area contributed by atoms with Crippen molar-refractivity contribution in [3.8, 4) is 11.5 Å². The quantitative estimate of drug-likeness (QED) is 0.537. The predicted molar refractivity (Wildman–Crippen MR) is 92.8 cm³/mol. The minimum absolute atomic E-state index is 0.186. The van der Waals surface area contributed by atoms with E-state index in [0.717, 1.165) is 17.7 Å². The Hall–Kier alpha value is -3.62. The van der Waals surface area contributed by atoms with Gasteiger partial charge in [0.05, 0.1) is 22.3 Å². The van der Waals surface area contributed by atoms with Crippen LogP contribution < -0.4 is 0 Å². The van der Waals surface area contributed by atoms with Gasteiger partial charge in [-0.25, -0.2) is 4.79 Å². The normalized spacial score (nSPS) is 11.8. The molecule has 0 aliphatic rings. The SMILES string of the molecule is O=C(O)c1ccc(Cc2cc(-c3n[nH]c4cc(C(F)(F)F)ccc34)on2)cc1. The fourth-order valence-corrected chi connectivity index (χ4v) is 2.86. The summed E-state index contributed by atoms with van der Waals surface area (Å²) in [5.41, 5.74) is 1.45. The van der Waals surface area contributed by atoms with Gasteiger partial charge >= 0.3 is 12.1 Å². The summed E-state index contributed by atoms with van der Waals surface area (Å²) in [4.78, 5) is 10.9. The van der Waals surface area contributed by atoms with Crippen molar-refractivity contribution in [2.24, 2.45) is 0 Å². The van der Waals surface area contributed by atoms with Crippen LogP contribution in [0.1, 0.15) is 27.2 Å². The van der Waals surface area contributed by atoms with Crippen LogP contribution in [0.2, 0.25) is 0 Å². The molecule has 2 aromatic carbocycles. The van der Waals surface area contributed by atoms with Crippen molar-refractivity contribution in [2.75, 3.05) is 0 Å². The number of aromatic amines is 1. The Kier molecular flexibility index (Phi) is 4.14. The number of carboxylic acid groups (broad SMARTS) is 1. The summed E-state index contributed by atoms with van der Waals surface area (Å²) in [6.45, 7) is 0. The van der Waals surface area contributed by atoms with Gasteiger partial charge in [-0.3, -0.25) is 5.10 Å². The van der Waals surface area contributed by atoms with E-state index >= 15 is 0 Å². The third kappa shape index (κ3) is 3.34. The number of fused-ring (bicyclic) bond motifs is 1. The van der Waals surface area contributed by atoms with E-state index in [1.807, 2.05) is 0 Å². The number of aromatic nitrogens is 3. The molecule has 2 aromatic heterocycles. The van der Waals surface area contributed by atoms with Gasteiger partial charge < -0.3 is 9.63 Å². The Balaban J connectivity index is 1.59. The molecule has 0 unspecified atom stereocenters. The minimum Gasteiger partial charge on any atom is -0.478 e. The molecule has 0 saturated heterocycles. The van der Waals surface area contributed by atoms with Gasteiger partial charge in [-0.2, -0.15) is 18.3 Å². The van der Waals surface area contributed by atoms with Crippen molar-refractivity contribution >= 4 is 16.9 Å². The van der Waals surface area contributed by atoms with Crippen LogP contribution in [-0.2, 0) is 12.6 Å². The maximum atomic E-state index is 12.8. The molecule has 142 valence electrons. The molecule has 2 N–H and O–H groups in total. The first-order valence-corrected chi connectivity index (χ1v) is 8.15. The van der Waals surface area contributed by atoms with Crippen LogP contribution >= 0.6 is 0 Å². The molecule has 0 radical (unpaired) electrons. The first-order chi connectivity index (χ1) is 13.3. The molecule has 4 rings (SSSR count). The first kappa shape index (κ1) is 17.8. The highest BCUT2D eigenvalue weighted by Gasteiger charge is 2.31. The molecule has 28 heavy (non-hydrogen) atoms. The van der Waals surface area contributed by atoms with Gasteiger partial charge in [-0.05, 0) is 35.9 Å². The van der Waals surface area contributed by atoms with Crippen LogP contribution in [0.25, 0.3) is 22.4 Å². The molecule has 0 atom stereocenters. The molecular formula is C19H12F3N3O3. The van der Waals surface area contributed by atoms with E-state index in [0.29, 0.717) is 29.0 Å². The summed E-state index contributed by atoms with van der Waals surface area (Å²) in [6.07, 6.45) is -4.03. The standard InChI is InChI=1S/C19H12F3N3O3/c20-19(21,22)12-5-6-14-15(8-12)23-24-17(14)16-9-13(25-28-16)7-10-1-3-11(4-2-10)18(26)27/h1-6,8-9H,7H2,(H,23,24)(H,26,27). The average molecular weight is 387 g/mol. The van der Waals surface area contributed by atoms with Gasteiger partial charge in [0.15, 0.2) is 5.76 Å². The summed E-state index contributed by atoms with van der Waals surface area (Å²) in [5.74, 6) is -0.683. The zero-order valence-corrected chi connectivity index (χ0v) is 14.1. The molecule has 6 nitrogen and oxygen atoms in total. The molecule has 4 aromatic rings. The van der Waals surface area contributed by atoms with Gasteiger partial charge in [-0.1, -0.05) is 17.3 Å². The molecule has 0 amide bonds. The number of rotatable bonds is 4. The highest BCUT2D eigenvalue weighted by molar-refractivity contribution is 5.92. The zero-order chi connectivity index (χ0) is 19.9. The van der Waals surface area contributed by atoms with E-state index in [9.17, 15) is 18.0 Å². The van der Waals surface area contributed by atoms with E-state index in [4.69, 9.17) is 9.63 Å². The zero-order valence-electron chi connectivity index (χ0n) is 14.1. The summed E-state index contributed by atoms with van der Waals surface area (Å²) < 4.78 is 43.8. The summed E-state index contributed by atoms with van der Waals surface area (Å²) >= 11 is 0. The van der Waals surface area contributed by atoms with Crippen molar-refractivity contribution in [1.82, 2.24) is 15.4 Å². The van der Waals surface area contributed by atoms with E-state index < -0.39 is 17.7 Å². The Bertz CT molecular complexity index is 1160. The molecular weight excluding hydrogens is 375 g/mol. The van der Waals surface area contributed by atoms with Crippen LogP contribution in [-0.4, -0.2) is 26.4 Å². The number of alkyl halides is 3. The Morgan fingerprint density at radius 2 is 1.86 bits per heavy atom. The molecule has 2 heterocycles. The summed E-state index contributed by atoms with van der Waals surface area (Å²) in [7, 11) is 0. The molecule has 0 spiro atoms. The maximum Gasteiger partial charge on any atom is 0.416 e. The number of hydrogen-bond donors (Lipinski definition) is 2. The monoisotopic (exact) mass is 387 g/mol. The number of hydrogen-bond acceptors (Lipinski definition) is 4. The molecule has 0 saturated carbocycles. The second kappa shape index (κ2) is 6.52. The number of nitrogens with zero attached hydrogens (tertiary/aromatic N) is 2. The fraction of sp³-hybridized carbons (Fsp3) is 0.105. The summed E-state index contributed by atoms with van der Waals surface area (Å²) in [5, 5.41) is 20.0. The largest absolute Gasteiger partial charge is 0.478 e. The maximum absolute atomic E-state index is 12.8. The molecule has 0 bridgehead atoms. The fourth-order valence-electron chi connectivity index (χ4n) is 2.86. The van der Waals surface area contributed by atoms with E-state index in [2.05, 4.69) is 15.4 Å². The van der Waals surface area contributed by atoms with Gasteiger partial charge in [0, 0.05) is 17.9 Å². The van der Waals surface area contributed by atoms with Crippen molar-refractivity contribution in [2.45, 2.75) is 12.6 Å². The van der Waals surface area contributed by atoms with Crippen LogP contribution in [0.5, 0.6) is 0 Å². The predicted octanol–water partition coefficient (Wildman–Crippen LogP) is 4.53.